The smallest absolute Gasteiger partial charge is 0.387 e. The molecule has 0 radical (unpaired) electrons. The zero-order valence-electron chi connectivity index (χ0n) is 13.7. The SMILES string of the molecule is C=CCC1Oc2cccc(OC(F)F)c2-c2ccc(CS(N)(=O)=O)cc21. The molecule has 26 heavy (non-hydrogen) atoms. The van der Waals surface area contributed by atoms with Crippen molar-refractivity contribution in [3.63, 3.8) is 0 Å². The number of rotatable bonds is 6. The number of ether oxygens (including phenoxy) is 2. The molecule has 0 amide bonds. The summed E-state index contributed by atoms with van der Waals surface area (Å²) in [5.74, 6) is 0.0834. The number of primary sulfonamides is 1. The van der Waals surface area contributed by atoms with Gasteiger partial charge in [0.1, 0.15) is 17.6 Å². The Morgan fingerprint density at radius 2 is 2.08 bits per heavy atom. The number of sulfonamides is 1. The van der Waals surface area contributed by atoms with Crippen LogP contribution in [0, 0.1) is 0 Å². The molecule has 1 unspecified atom stereocenters. The highest BCUT2D eigenvalue weighted by Gasteiger charge is 2.29. The summed E-state index contributed by atoms with van der Waals surface area (Å²) in [5.41, 5.74) is 2.21. The third-order valence-corrected chi connectivity index (χ3v) is 4.69. The standard InChI is InChI=1S/C18H17F2NO4S/c1-2-4-14-13-9-11(10-26(21,22)23)7-8-12(13)17-15(24-14)5-3-6-16(17)25-18(19)20/h2-3,5-9,14,18H,1,4,10H2,(H2,21,22,23). The van der Waals surface area contributed by atoms with Crippen molar-refractivity contribution >= 4 is 10.0 Å². The fraction of sp³-hybridized carbons (Fsp3) is 0.222. The highest BCUT2D eigenvalue weighted by molar-refractivity contribution is 7.88. The van der Waals surface area contributed by atoms with E-state index in [0.29, 0.717) is 34.4 Å². The van der Waals surface area contributed by atoms with Crippen molar-refractivity contribution in [3.05, 3.63) is 60.2 Å². The van der Waals surface area contributed by atoms with Crippen LogP contribution in [0.4, 0.5) is 8.78 Å². The summed E-state index contributed by atoms with van der Waals surface area (Å²) < 4.78 is 58.8. The minimum Gasteiger partial charge on any atom is -0.485 e. The van der Waals surface area contributed by atoms with Gasteiger partial charge in [-0.3, -0.25) is 0 Å². The van der Waals surface area contributed by atoms with Gasteiger partial charge in [-0.2, -0.15) is 8.78 Å². The number of hydrogen-bond donors (Lipinski definition) is 1. The van der Waals surface area contributed by atoms with Crippen LogP contribution >= 0.6 is 0 Å². The first-order valence-corrected chi connectivity index (χ1v) is 9.49. The zero-order chi connectivity index (χ0) is 18.9. The minimum absolute atomic E-state index is 0.00463. The first-order chi connectivity index (χ1) is 12.3. The van der Waals surface area contributed by atoms with Crippen molar-refractivity contribution in [2.75, 3.05) is 0 Å². The van der Waals surface area contributed by atoms with Crippen LogP contribution in [0.15, 0.2) is 49.1 Å². The topological polar surface area (TPSA) is 78.6 Å². The number of halogens is 2. The Labute approximate surface area is 150 Å². The predicted octanol–water partition coefficient (Wildman–Crippen LogP) is 3.75. The first-order valence-electron chi connectivity index (χ1n) is 7.77. The first kappa shape index (κ1) is 18.3. The van der Waals surface area contributed by atoms with Crippen LogP contribution in [-0.4, -0.2) is 15.0 Å². The fourth-order valence-electron chi connectivity index (χ4n) is 3.04. The lowest BCUT2D eigenvalue weighted by molar-refractivity contribution is -0.0496. The van der Waals surface area contributed by atoms with Gasteiger partial charge in [-0.15, -0.1) is 6.58 Å². The molecule has 0 aromatic heterocycles. The van der Waals surface area contributed by atoms with E-state index in [0.717, 1.165) is 0 Å². The molecule has 1 aliphatic heterocycles. The average molecular weight is 381 g/mol. The molecule has 0 bridgehead atoms. The van der Waals surface area contributed by atoms with E-state index in [-0.39, 0.29) is 11.5 Å². The Morgan fingerprint density at radius 3 is 2.73 bits per heavy atom. The molecule has 0 spiro atoms. The quantitative estimate of drug-likeness (QED) is 0.773. The number of nitrogens with two attached hydrogens (primary N) is 1. The van der Waals surface area contributed by atoms with Gasteiger partial charge in [-0.25, -0.2) is 13.6 Å². The molecule has 0 fully saturated rings. The van der Waals surface area contributed by atoms with Crippen LogP contribution in [0.25, 0.3) is 11.1 Å². The Bertz CT molecular complexity index is 944. The molecular formula is C18H17F2NO4S. The van der Waals surface area contributed by atoms with Gasteiger partial charge >= 0.3 is 6.61 Å². The van der Waals surface area contributed by atoms with Gasteiger partial charge in [0.2, 0.25) is 10.0 Å². The molecule has 2 N–H and O–H groups in total. The van der Waals surface area contributed by atoms with Crippen LogP contribution in [0.3, 0.4) is 0 Å². The van der Waals surface area contributed by atoms with E-state index in [4.69, 9.17) is 9.88 Å². The molecule has 8 heteroatoms. The predicted molar refractivity (Wildman–Crippen MR) is 93.5 cm³/mol. The lowest BCUT2D eigenvalue weighted by Crippen LogP contribution is -2.17. The molecule has 5 nitrogen and oxygen atoms in total. The summed E-state index contributed by atoms with van der Waals surface area (Å²) >= 11 is 0. The Balaban J connectivity index is 2.15. The van der Waals surface area contributed by atoms with Crippen molar-refractivity contribution in [1.82, 2.24) is 0 Å². The molecule has 0 saturated heterocycles. The van der Waals surface area contributed by atoms with E-state index in [1.807, 2.05) is 0 Å². The van der Waals surface area contributed by atoms with Gasteiger partial charge in [0, 0.05) is 12.0 Å². The van der Waals surface area contributed by atoms with Gasteiger partial charge < -0.3 is 9.47 Å². The van der Waals surface area contributed by atoms with Gasteiger partial charge in [0.15, 0.2) is 0 Å². The van der Waals surface area contributed by atoms with Crippen molar-refractivity contribution in [3.8, 4) is 22.6 Å². The maximum absolute atomic E-state index is 12.8. The Morgan fingerprint density at radius 1 is 1.31 bits per heavy atom. The highest BCUT2D eigenvalue weighted by Crippen LogP contribution is 2.48. The van der Waals surface area contributed by atoms with Crippen LogP contribution in [-0.2, 0) is 15.8 Å². The van der Waals surface area contributed by atoms with E-state index in [1.165, 1.54) is 6.07 Å². The number of benzene rings is 2. The third-order valence-electron chi connectivity index (χ3n) is 3.95. The summed E-state index contributed by atoms with van der Waals surface area (Å²) in [6, 6.07) is 9.61. The molecule has 1 aliphatic rings. The van der Waals surface area contributed by atoms with Gasteiger partial charge in [0.05, 0.1) is 11.3 Å². The van der Waals surface area contributed by atoms with Crippen LogP contribution in [0.2, 0.25) is 0 Å². The van der Waals surface area contributed by atoms with Crippen molar-refractivity contribution in [2.45, 2.75) is 24.9 Å². The van der Waals surface area contributed by atoms with Crippen molar-refractivity contribution in [1.29, 1.82) is 0 Å². The van der Waals surface area contributed by atoms with E-state index >= 15 is 0 Å². The number of hydrogen-bond acceptors (Lipinski definition) is 4. The van der Waals surface area contributed by atoms with Gasteiger partial charge in [0.25, 0.3) is 0 Å². The second-order valence-corrected chi connectivity index (χ2v) is 7.48. The summed E-state index contributed by atoms with van der Waals surface area (Å²) in [4.78, 5) is 0. The Kier molecular flexibility index (Phi) is 4.97. The maximum atomic E-state index is 12.8. The molecule has 1 atom stereocenters. The van der Waals surface area contributed by atoms with Crippen LogP contribution in [0.1, 0.15) is 23.7 Å². The van der Waals surface area contributed by atoms with Gasteiger partial charge in [-0.05, 0) is 23.3 Å². The fourth-order valence-corrected chi connectivity index (χ4v) is 3.68. The second kappa shape index (κ2) is 7.05. The largest absolute Gasteiger partial charge is 0.485 e. The molecular weight excluding hydrogens is 364 g/mol. The van der Waals surface area contributed by atoms with Crippen LogP contribution < -0.4 is 14.6 Å². The van der Waals surface area contributed by atoms with Gasteiger partial charge in [-0.1, -0.05) is 30.3 Å². The Hall–Kier alpha value is -2.45. The molecule has 0 aliphatic carbocycles. The number of fused-ring (bicyclic) bond motifs is 3. The highest BCUT2D eigenvalue weighted by atomic mass is 32.2. The lowest BCUT2D eigenvalue weighted by Gasteiger charge is -2.30. The number of alkyl halides is 2. The van der Waals surface area contributed by atoms with E-state index in [2.05, 4.69) is 11.3 Å². The van der Waals surface area contributed by atoms with Crippen LogP contribution in [0.5, 0.6) is 11.5 Å². The van der Waals surface area contributed by atoms with E-state index < -0.39 is 22.7 Å². The summed E-state index contributed by atoms with van der Waals surface area (Å²) in [6.45, 7) is 0.728. The summed E-state index contributed by atoms with van der Waals surface area (Å²) in [6.07, 6.45) is 1.72. The second-order valence-electron chi connectivity index (χ2n) is 5.87. The van der Waals surface area contributed by atoms with E-state index in [1.54, 1.807) is 36.4 Å². The molecule has 0 saturated carbocycles. The molecule has 2 aromatic carbocycles. The van der Waals surface area contributed by atoms with Crippen molar-refractivity contribution in [2.24, 2.45) is 5.14 Å². The van der Waals surface area contributed by atoms with Crippen molar-refractivity contribution < 1.29 is 26.7 Å². The molecule has 1 heterocycles. The molecule has 138 valence electrons. The summed E-state index contributed by atoms with van der Waals surface area (Å²) in [5, 5.41) is 5.11. The zero-order valence-corrected chi connectivity index (χ0v) is 14.5. The maximum Gasteiger partial charge on any atom is 0.387 e. The molecule has 2 aromatic rings. The molecule has 3 rings (SSSR count). The monoisotopic (exact) mass is 381 g/mol. The van der Waals surface area contributed by atoms with E-state index in [9.17, 15) is 17.2 Å². The summed E-state index contributed by atoms with van der Waals surface area (Å²) in [7, 11) is -3.70. The minimum atomic E-state index is -3.70. The normalized spacial score (nSPS) is 15.8. The third kappa shape index (κ3) is 3.86. The lowest BCUT2D eigenvalue weighted by atomic mass is 9.89. The average Bonchev–Trinajstić information content (AvgIpc) is 2.53.